The van der Waals surface area contributed by atoms with Crippen LogP contribution in [0.25, 0.3) is 0 Å². The van der Waals surface area contributed by atoms with Gasteiger partial charge in [0.15, 0.2) is 0 Å². The first-order chi connectivity index (χ1) is 8.26. The highest BCUT2D eigenvalue weighted by molar-refractivity contribution is 5.83. The maximum atomic E-state index is 10.9. The summed E-state index contributed by atoms with van der Waals surface area (Å²) >= 11 is 0. The number of carbonyl (C=O) groups is 1. The maximum absolute atomic E-state index is 10.9. The van der Waals surface area contributed by atoms with E-state index in [9.17, 15) is 4.79 Å². The fourth-order valence-electron chi connectivity index (χ4n) is 1.12. The van der Waals surface area contributed by atoms with Crippen LogP contribution in [0.1, 0.15) is 6.92 Å². The number of esters is 1. The Labute approximate surface area is 101 Å². The van der Waals surface area contributed by atoms with Gasteiger partial charge in [-0.05, 0) is 31.2 Å². The SMILES string of the molecule is C=CC(=O)Oc1ccc(OCCOCC)cc1. The molecule has 4 heteroatoms. The molecule has 92 valence electrons. The normalized spacial score (nSPS) is 9.71. The van der Waals surface area contributed by atoms with Crippen molar-refractivity contribution in [2.24, 2.45) is 0 Å². The number of carbonyl (C=O) groups excluding carboxylic acids is 1. The molecule has 4 nitrogen and oxygen atoms in total. The molecule has 0 bridgehead atoms. The minimum Gasteiger partial charge on any atom is -0.491 e. The average Bonchev–Trinajstić information content (AvgIpc) is 2.36. The molecule has 0 spiro atoms. The molecule has 0 atom stereocenters. The molecule has 0 N–H and O–H groups in total. The van der Waals surface area contributed by atoms with Gasteiger partial charge >= 0.3 is 5.97 Å². The minimum atomic E-state index is -0.477. The molecule has 1 aromatic rings. The second kappa shape index (κ2) is 7.46. The van der Waals surface area contributed by atoms with Crippen LogP contribution >= 0.6 is 0 Å². The summed E-state index contributed by atoms with van der Waals surface area (Å²) in [4.78, 5) is 10.9. The summed E-state index contributed by atoms with van der Waals surface area (Å²) in [5, 5.41) is 0. The molecule has 0 radical (unpaired) electrons. The van der Waals surface area contributed by atoms with E-state index in [4.69, 9.17) is 14.2 Å². The zero-order valence-corrected chi connectivity index (χ0v) is 9.85. The van der Waals surface area contributed by atoms with E-state index in [2.05, 4.69) is 6.58 Å². The van der Waals surface area contributed by atoms with Crippen molar-refractivity contribution in [3.8, 4) is 11.5 Å². The summed E-state index contributed by atoms with van der Waals surface area (Å²) in [6.07, 6.45) is 1.12. The molecule has 0 fully saturated rings. The summed E-state index contributed by atoms with van der Waals surface area (Å²) in [6.45, 7) is 6.99. The van der Waals surface area contributed by atoms with Gasteiger partial charge in [0.05, 0.1) is 6.61 Å². The first-order valence-corrected chi connectivity index (χ1v) is 5.41. The van der Waals surface area contributed by atoms with Crippen LogP contribution in [-0.2, 0) is 9.53 Å². The molecule has 0 aliphatic carbocycles. The molecule has 0 aliphatic heterocycles. The Balaban J connectivity index is 2.39. The number of ether oxygens (including phenoxy) is 3. The molecule has 0 heterocycles. The summed E-state index contributed by atoms with van der Waals surface area (Å²) in [5.41, 5.74) is 0. The standard InChI is InChI=1S/C13H16O4/c1-3-13(14)17-12-7-5-11(6-8-12)16-10-9-15-4-2/h3,5-8H,1,4,9-10H2,2H3. The third kappa shape index (κ3) is 5.17. The predicted molar refractivity (Wildman–Crippen MR) is 64.3 cm³/mol. The molecule has 1 rings (SSSR count). The molecular formula is C13H16O4. The first kappa shape index (κ1) is 13.3. The molecule has 1 aromatic carbocycles. The fourth-order valence-corrected chi connectivity index (χ4v) is 1.12. The lowest BCUT2D eigenvalue weighted by Gasteiger charge is -2.07. The van der Waals surface area contributed by atoms with Crippen molar-refractivity contribution >= 4 is 5.97 Å². The average molecular weight is 236 g/mol. The van der Waals surface area contributed by atoms with Gasteiger partial charge in [-0.15, -0.1) is 0 Å². The van der Waals surface area contributed by atoms with Crippen LogP contribution in [0.4, 0.5) is 0 Å². The van der Waals surface area contributed by atoms with Gasteiger partial charge in [0.25, 0.3) is 0 Å². The smallest absolute Gasteiger partial charge is 0.335 e. The van der Waals surface area contributed by atoms with Gasteiger partial charge in [-0.25, -0.2) is 4.79 Å². The van der Waals surface area contributed by atoms with E-state index >= 15 is 0 Å². The molecule has 0 amide bonds. The fraction of sp³-hybridized carbons (Fsp3) is 0.308. The highest BCUT2D eigenvalue weighted by Crippen LogP contribution is 2.17. The molecule has 17 heavy (non-hydrogen) atoms. The lowest BCUT2D eigenvalue weighted by molar-refractivity contribution is -0.128. The Bertz CT molecular complexity index is 356. The van der Waals surface area contributed by atoms with Gasteiger partial charge in [-0.1, -0.05) is 6.58 Å². The summed E-state index contributed by atoms with van der Waals surface area (Å²) in [5.74, 6) is 0.699. The van der Waals surface area contributed by atoms with Gasteiger partial charge in [-0.3, -0.25) is 0 Å². The molecule has 0 aliphatic rings. The van der Waals surface area contributed by atoms with E-state index < -0.39 is 5.97 Å². The lowest BCUT2D eigenvalue weighted by atomic mass is 10.3. The first-order valence-electron chi connectivity index (χ1n) is 5.41. The Morgan fingerprint density at radius 3 is 2.47 bits per heavy atom. The quantitative estimate of drug-likeness (QED) is 0.315. The van der Waals surface area contributed by atoms with Crippen molar-refractivity contribution in [3.63, 3.8) is 0 Å². The van der Waals surface area contributed by atoms with Crippen LogP contribution in [0.2, 0.25) is 0 Å². The third-order valence-electron chi connectivity index (χ3n) is 1.91. The number of benzene rings is 1. The monoisotopic (exact) mass is 236 g/mol. The van der Waals surface area contributed by atoms with Crippen molar-refractivity contribution < 1.29 is 19.0 Å². The molecule has 0 aromatic heterocycles. The van der Waals surface area contributed by atoms with E-state index in [1.807, 2.05) is 6.92 Å². The van der Waals surface area contributed by atoms with Crippen LogP contribution in [0.5, 0.6) is 11.5 Å². The van der Waals surface area contributed by atoms with E-state index in [1.165, 1.54) is 0 Å². The zero-order chi connectivity index (χ0) is 12.5. The van der Waals surface area contributed by atoms with Crippen LogP contribution in [0.3, 0.4) is 0 Å². The lowest BCUT2D eigenvalue weighted by Crippen LogP contribution is -2.06. The molecule has 0 saturated heterocycles. The predicted octanol–water partition coefficient (Wildman–Crippen LogP) is 2.19. The third-order valence-corrected chi connectivity index (χ3v) is 1.91. The topological polar surface area (TPSA) is 44.8 Å². The van der Waals surface area contributed by atoms with Crippen LogP contribution in [0, 0.1) is 0 Å². The van der Waals surface area contributed by atoms with E-state index in [1.54, 1.807) is 24.3 Å². The second-order valence-electron chi connectivity index (χ2n) is 3.14. The van der Waals surface area contributed by atoms with Gasteiger partial charge in [-0.2, -0.15) is 0 Å². The number of hydrogen-bond acceptors (Lipinski definition) is 4. The summed E-state index contributed by atoms with van der Waals surface area (Å²) < 4.78 is 15.5. The Hall–Kier alpha value is -1.81. The minimum absolute atomic E-state index is 0.465. The van der Waals surface area contributed by atoms with Gasteiger partial charge in [0, 0.05) is 12.7 Å². The van der Waals surface area contributed by atoms with Crippen LogP contribution in [-0.4, -0.2) is 25.8 Å². The van der Waals surface area contributed by atoms with Gasteiger partial charge in [0.1, 0.15) is 18.1 Å². The molecular weight excluding hydrogens is 220 g/mol. The van der Waals surface area contributed by atoms with Crippen molar-refractivity contribution in [2.75, 3.05) is 19.8 Å². The highest BCUT2D eigenvalue weighted by atomic mass is 16.5. The van der Waals surface area contributed by atoms with Crippen LogP contribution < -0.4 is 9.47 Å². The second-order valence-corrected chi connectivity index (χ2v) is 3.14. The van der Waals surface area contributed by atoms with E-state index in [0.29, 0.717) is 31.3 Å². The summed E-state index contributed by atoms with van der Waals surface area (Å²) in [6, 6.07) is 6.80. The zero-order valence-electron chi connectivity index (χ0n) is 9.85. The number of rotatable bonds is 7. The van der Waals surface area contributed by atoms with Crippen molar-refractivity contribution in [1.29, 1.82) is 0 Å². The van der Waals surface area contributed by atoms with E-state index in [-0.39, 0.29) is 0 Å². The van der Waals surface area contributed by atoms with Crippen molar-refractivity contribution in [2.45, 2.75) is 6.92 Å². The maximum Gasteiger partial charge on any atom is 0.335 e. The van der Waals surface area contributed by atoms with Crippen LogP contribution in [0.15, 0.2) is 36.9 Å². The molecule has 0 unspecified atom stereocenters. The van der Waals surface area contributed by atoms with Gasteiger partial charge in [0.2, 0.25) is 0 Å². The Morgan fingerprint density at radius 1 is 1.24 bits per heavy atom. The molecule has 0 saturated carbocycles. The Kier molecular flexibility index (Phi) is 5.82. The number of hydrogen-bond donors (Lipinski definition) is 0. The van der Waals surface area contributed by atoms with Gasteiger partial charge < -0.3 is 14.2 Å². The highest BCUT2D eigenvalue weighted by Gasteiger charge is 2.00. The summed E-state index contributed by atoms with van der Waals surface area (Å²) in [7, 11) is 0. The largest absolute Gasteiger partial charge is 0.491 e. The van der Waals surface area contributed by atoms with Crippen molar-refractivity contribution in [3.05, 3.63) is 36.9 Å². The Morgan fingerprint density at radius 2 is 1.88 bits per heavy atom. The van der Waals surface area contributed by atoms with E-state index in [0.717, 1.165) is 6.08 Å². The van der Waals surface area contributed by atoms with Crippen molar-refractivity contribution in [1.82, 2.24) is 0 Å².